The molecule has 0 amide bonds. The second-order valence-corrected chi connectivity index (χ2v) is 15.8. The van der Waals surface area contributed by atoms with Crippen LogP contribution in [0.2, 0.25) is 0 Å². The van der Waals surface area contributed by atoms with Gasteiger partial charge in [-0.1, -0.05) is 152 Å². The fourth-order valence-electron chi connectivity index (χ4n) is 9.42. The Hall–Kier alpha value is -8.08. The van der Waals surface area contributed by atoms with Gasteiger partial charge in [0.05, 0.1) is 22.1 Å². The van der Waals surface area contributed by atoms with Gasteiger partial charge in [-0.05, 0) is 123 Å². The highest BCUT2D eigenvalue weighted by atomic mass is 15.1. The van der Waals surface area contributed by atoms with E-state index in [1.807, 2.05) is 0 Å². The van der Waals surface area contributed by atoms with Crippen LogP contribution in [0.3, 0.4) is 0 Å². The first-order chi connectivity index (χ1) is 30.2. The fraction of sp³-hybridized carbons (Fsp3) is 0.0175. The van der Waals surface area contributed by atoms with E-state index in [2.05, 4.69) is 234 Å². The molecule has 0 saturated heterocycles. The lowest BCUT2D eigenvalue weighted by atomic mass is 9.87. The molecule has 2 heterocycles. The minimum atomic E-state index is 0.0852. The molecule has 9 aromatic carbocycles. The Morgan fingerprint density at radius 2 is 0.705 bits per heavy atom. The smallest absolute Gasteiger partial charge is 0.145 e. The molecule has 286 valence electrons. The van der Waals surface area contributed by atoms with E-state index >= 15 is 0 Å². The number of benzene rings is 9. The summed E-state index contributed by atoms with van der Waals surface area (Å²) in [5.41, 5.74) is 19.7. The Bertz CT molecular complexity index is 3210. The van der Waals surface area contributed by atoms with Gasteiger partial charge in [0.15, 0.2) is 0 Å². The van der Waals surface area contributed by atoms with E-state index in [-0.39, 0.29) is 5.92 Å². The molecule has 0 aliphatic heterocycles. The van der Waals surface area contributed by atoms with Crippen molar-refractivity contribution in [3.8, 4) is 67.5 Å². The summed E-state index contributed by atoms with van der Waals surface area (Å²) in [5, 5.41) is 0. The lowest BCUT2D eigenvalue weighted by Gasteiger charge is -2.16. The van der Waals surface area contributed by atoms with E-state index in [1.165, 1.54) is 38.9 Å². The number of nitrogens with zero attached hydrogens (tertiary/aromatic N) is 4. The largest absolute Gasteiger partial charge is 0.292 e. The van der Waals surface area contributed by atoms with E-state index in [0.29, 0.717) is 0 Å². The molecule has 11 aromatic rings. The Kier molecular flexibility index (Phi) is 8.20. The van der Waals surface area contributed by atoms with E-state index < -0.39 is 0 Å². The molecule has 0 bridgehead atoms. The van der Waals surface area contributed by atoms with Gasteiger partial charge in [0.25, 0.3) is 0 Å². The third-order valence-electron chi connectivity index (χ3n) is 12.2. The quantitative estimate of drug-likeness (QED) is 0.162. The normalized spacial score (nSPS) is 12.2. The maximum Gasteiger partial charge on any atom is 0.145 e. The van der Waals surface area contributed by atoms with Gasteiger partial charge in [0.2, 0.25) is 0 Å². The molecular formula is C57H38N4. The van der Waals surface area contributed by atoms with E-state index in [0.717, 1.165) is 67.3 Å². The van der Waals surface area contributed by atoms with Crippen molar-refractivity contribution in [1.29, 1.82) is 0 Å². The van der Waals surface area contributed by atoms with Gasteiger partial charge in [0, 0.05) is 28.4 Å². The second kappa shape index (κ2) is 14.3. The number of fused-ring (bicyclic) bond motifs is 5. The summed E-state index contributed by atoms with van der Waals surface area (Å²) in [6.07, 6.45) is 0. The number of hydrogen-bond donors (Lipinski definition) is 0. The molecule has 1 aliphatic rings. The van der Waals surface area contributed by atoms with Crippen molar-refractivity contribution in [2.45, 2.75) is 5.92 Å². The molecule has 0 fully saturated rings. The minimum Gasteiger partial charge on any atom is -0.292 e. The zero-order chi connectivity index (χ0) is 40.3. The summed E-state index contributed by atoms with van der Waals surface area (Å²) in [6, 6.07) is 80.5. The van der Waals surface area contributed by atoms with Crippen molar-refractivity contribution in [3.63, 3.8) is 0 Å². The van der Waals surface area contributed by atoms with Crippen LogP contribution < -0.4 is 0 Å². The highest BCUT2D eigenvalue weighted by molar-refractivity contribution is 5.89. The maximum absolute atomic E-state index is 5.17. The van der Waals surface area contributed by atoms with Crippen molar-refractivity contribution in [1.82, 2.24) is 19.1 Å². The predicted molar refractivity (Wildman–Crippen MR) is 250 cm³/mol. The topological polar surface area (TPSA) is 35.6 Å². The molecule has 4 heteroatoms. The SMILES string of the molecule is c1ccc(C2c3cc(-c4cccc(-c5nc6ccccc6n5-c5ccccc5)c4)ccc3-c3ccc(-c4cccc(-c5nc6ccccc6n5-c5ccccc5)c4)cc32)cc1. The molecule has 2 aromatic heterocycles. The van der Waals surface area contributed by atoms with Crippen LogP contribution in [0.1, 0.15) is 22.6 Å². The molecule has 4 nitrogen and oxygen atoms in total. The summed E-state index contributed by atoms with van der Waals surface area (Å²) in [4.78, 5) is 10.3. The highest BCUT2D eigenvalue weighted by Gasteiger charge is 2.31. The fourth-order valence-corrected chi connectivity index (χ4v) is 9.42. The van der Waals surface area contributed by atoms with Crippen LogP contribution in [-0.2, 0) is 0 Å². The van der Waals surface area contributed by atoms with E-state index in [9.17, 15) is 0 Å². The van der Waals surface area contributed by atoms with Crippen molar-refractivity contribution >= 4 is 22.1 Å². The third kappa shape index (κ3) is 5.91. The first-order valence-corrected chi connectivity index (χ1v) is 20.9. The summed E-state index contributed by atoms with van der Waals surface area (Å²) < 4.78 is 4.54. The number of imidazole rings is 2. The van der Waals surface area contributed by atoms with Crippen LogP contribution in [0, 0.1) is 0 Å². The zero-order valence-electron chi connectivity index (χ0n) is 33.2. The lowest BCUT2D eigenvalue weighted by Crippen LogP contribution is -2.00. The predicted octanol–water partition coefficient (Wildman–Crippen LogP) is 14.2. The molecule has 0 atom stereocenters. The van der Waals surface area contributed by atoms with Gasteiger partial charge in [-0.15, -0.1) is 0 Å². The first-order valence-electron chi connectivity index (χ1n) is 20.9. The Labute approximate surface area is 354 Å². The zero-order valence-corrected chi connectivity index (χ0v) is 33.2. The van der Waals surface area contributed by atoms with Crippen LogP contribution in [0.5, 0.6) is 0 Å². The second-order valence-electron chi connectivity index (χ2n) is 15.8. The standard InChI is InChI=1S/C57H38N4/c1-4-16-38(17-5-1)55-49-36-41(39-18-14-20-43(34-39)56-58-51-26-10-12-28-53(51)60(56)45-22-6-2-7-23-45)30-32-47(49)48-33-31-42(37-50(48)55)40-19-15-21-44(35-40)57-59-52-27-11-13-29-54(52)61(57)46-24-8-3-9-25-46/h1-37,55H. The molecular weight excluding hydrogens is 741 g/mol. The summed E-state index contributed by atoms with van der Waals surface area (Å²) in [7, 11) is 0. The van der Waals surface area contributed by atoms with Gasteiger partial charge in [-0.25, -0.2) is 9.97 Å². The van der Waals surface area contributed by atoms with Gasteiger partial charge in [0.1, 0.15) is 11.6 Å². The monoisotopic (exact) mass is 778 g/mol. The molecule has 0 spiro atoms. The molecule has 0 unspecified atom stereocenters. The number of para-hydroxylation sites is 6. The first kappa shape index (κ1) is 34.9. The lowest BCUT2D eigenvalue weighted by molar-refractivity contribution is 1.02. The molecule has 0 N–H and O–H groups in total. The third-order valence-corrected chi connectivity index (χ3v) is 12.2. The van der Waals surface area contributed by atoms with Crippen LogP contribution >= 0.6 is 0 Å². The van der Waals surface area contributed by atoms with E-state index in [4.69, 9.17) is 9.97 Å². The van der Waals surface area contributed by atoms with E-state index in [1.54, 1.807) is 0 Å². The molecule has 0 radical (unpaired) electrons. The van der Waals surface area contributed by atoms with Gasteiger partial charge in [-0.3, -0.25) is 9.13 Å². The number of hydrogen-bond acceptors (Lipinski definition) is 2. The van der Waals surface area contributed by atoms with Gasteiger partial charge < -0.3 is 0 Å². The van der Waals surface area contributed by atoms with Crippen molar-refractivity contribution in [2.24, 2.45) is 0 Å². The highest BCUT2D eigenvalue weighted by Crippen LogP contribution is 2.50. The van der Waals surface area contributed by atoms with Gasteiger partial charge in [-0.2, -0.15) is 0 Å². The minimum absolute atomic E-state index is 0.0852. The summed E-state index contributed by atoms with van der Waals surface area (Å²) in [5.74, 6) is 1.94. The number of rotatable bonds is 7. The van der Waals surface area contributed by atoms with Crippen LogP contribution in [0.4, 0.5) is 0 Å². The summed E-state index contributed by atoms with van der Waals surface area (Å²) in [6.45, 7) is 0. The van der Waals surface area contributed by atoms with Crippen LogP contribution in [-0.4, -0.2) is 19.1 Å². The average Bonchev–Trinajstić information content (AvgIpc) is 4.02. The Morgan fingerprint density at radius 1 is 0.311 bits per heavy atom. The van der Waals surface area contributed by atoms with Crippen molar-refractivity contribution in [3.05, 3.63) is 241 Å². The van der Waals surface area contributed by atoms with Crippen LogP contribution in [0.15, 0.2) is 224 Å². The number of aromatic nitrogens is 4. The molecule has 61 heavy (non-hydrogen) atoms. The Morgan fingerprint density at radius 3 is 1.18 bits per heavy atom. The maximum atomic E-state index is 5.17. The van der Waals surface area contributed by atoms with Crippen LogP contribution in [0.25, 0.3) is 89.6 Å². The van der Waals surface area contributed by atoms with Gasteiger partial charge >= 0.3 is 0 Å². The average molecular weight is 779 g/mol. The Balaban J connectivity index is 0.948. The molecule has 1 aliphatic carbocycles. The van der Waals surface area contributed by atoms with Crippen molar-refractivity contribution < 1.29 is 0 Å². The molecule has 0 saturated carbocycles. The molecule has 12 rings (SSSR count). The van der Waals surface area contributed by atoms with Crippen molar-refractivity contribution in [2.75, 3.05) is 0 Å². The summed E-state index contributed by atoms with van der Waals surface area (Å²) >= 11 is 0.